The molecule has 0 aromatic carbocycles. The van der Waals surface area contributed by atoms with E-state index < -0.39 is 12.0 Å². The maximum absolute atomic E-state index is 12.0. The summed E-state index contributed by atoms with van der Waals surface area (Å²) in [6.45, 7) is 3.90. The summed E-state index contributed by atoms with van der Waals surface area (Å²) in [5.41, 5.74) is 0.843. The third-order valence-electron chi connectivity index (χ3n) is 4.56. The van der Waals surface area contributed by atoms with Gasteiger partial charge in [0.2, 0.25) is 5.91 Å². The Morgan fingerprint density at radius 1 is 1.20 bits per heavy atom. The fourth-order valence-corrected chi connectivity index (χ4v) is 3.04. The number of nitrogens with one attached hydrogen (secondary N) is 1. The first kappa shape index (κ1) is 19.0. The van der Waals surface area contributed by atoms with Crippen LogP contribution in [0.15, 0.2) is 23.1 Å². The number of hydrogen-bond donors (Lipinski definition) is 2. The van der Waals surface area contributed by atoms with Crippen molar-refractivity contribution in [1.82, 2.24) is 9.88 Å². The molecule has 7 nitrogen and oxygen atoms in total. The van der Waals surface area contributed by atoms with Crippen molar-refractivity contribution >= 4 is 17.6 Å². The van der Waals surface area contributed by atoms with Crippen LogP contribution in [0.4, 0.5) is 5.69 Å². The molecule has 138 valence electrons. The van der Waals surface area contributed by atoms with Gasteiger partial charge < -0.3 is 19.9 Å². The molecular weight excluding hydrogens is 322 g/mol. The van der Waals surface area contributed by atoms with E-state index in [0.717, 1.165) is 31.6 Å². The lowest BCUT2D eigenvalue weighted by Gasteiger charge is -2.23. The molecule has 1 atom stereocenters. The summed E-state index contributed by atoms with van der Waals surface area (Å²) in [6, 6.07) is 2.49. The van der Waals surface area contributed by atoms with Crippen LogP contribution in [0.2, 0.25) is 0 Å². The summed E-state index contributed by atoms with van der Waals surface area (Å²) in [6.07, 6.45) is 6.97. The van der Waals surface area contributed by atoms with Crippen LogP contribution in [0.25, 0.3) is 0 Å². The number of hydrogen-bond acceptors (Lipinski definition) is 4. The standard InChI is InChI=1S/C18H27N3O4/c1-2-15(18(24)25)19-16(22)9-12-21-13-14(7-8-17(21)23)20-10-5-3-4-6-11-20/h7-8,13,15H,2-6,9-12H2,1H3,(H,19,22)(H,24,25). The zero-order valence-corrected chi connectivity index (χ0v) is 14.7. The first-order valence-corrected chi connectivity index (χ1v) is 8.99. The normalized spacial score (nSPS) is 16.1. The van der Waals surface area contributed by atoms with Gasteiger partial charge in [-0.05, 0) is 25.3 Å². The molecule has 1 unspecified atom stereocenters. The average Bonchev–Trinajstić information content (AvgIpc) is 2.88. The van der Waals surface area contributed by atoms with E-state index in [-0.39, 0.29) is 24.4 Å². The van der Waals surface area contributed by atoms with Gasteiger partial charge in [-0.3, -0.25) is 9.59 Å². The van der Waals surface area contributed by atoms with Crippen molar-refractivity contribution in [2.24, 2.45) is 0 Å². The molecule has 0 saturated carbocycles. The Morgan fingerprint density at radius 3 is 2.48 bits per heavy atom. The van der Waals surface area contributed by atoms with E-state index in [9.17, 15) is 14.4 Å². The van der Waals surface area contributed by atoms with Gasteiger partial charge in [0, 0.05) is 38.3 Å². The first-order chi connectivity index (χ1) is 12.0. The molecule has 7 heteroatoms. The highest BCUT2D eigenvalue weighted by molar-refractivity contribution is 5.83. The van der Waals surface area contributed by atoms with E-state index in [0.29, 0.717) is 6.42 Å². The number of anilines is 1. The van der Waals surface area contributed by atoms with Gasteiger partial charge in [-0.25, -0.2) is 4.79 Å². The number of pyridine rings is 1. The summed E-state index contributed by atoms with van der Waals surface area (Å²) < 4.78 is 1.53. The van der Waals surface area contributed by atoms with E-state index in [2.05, 4.69) is 10.2 Å². The molecular formula is C18H27N3O4. The molecule has 0 radical (unpaired) electrons. The maximum Gasteiger partial charge on any atom is 0.326 e. The quantitative estimate of drug-likeness (QED) is 0.780. The summed E-state index contributed by atoms with van der Waals surface area (Å²) >= 11 is 0. The number of carbonyl (C=O) groups excluding carboxylic acids is 1. The van der Waals surface area contributed by atoms with Crippen molar-refractivity contribution in [1.29, 1.82) is 0 Å². The summed E-state index contributed by atoms with van der Waals surface area (Å²) in [4.78, 5) is 37.2. The van der Waals surface area contributed by atoms with Gasteiger partial charge in [-0.2, -0.15) is 0 Å². The molecule has 2 N–H and O–H groups in total. The number of aliphatic carboxylic acids is 1. The smallest absolute Gasteiger partial charge is 0.326 e. The minimum absolute atomic E-state index is 0.0765. The lowest BCUT2D eigenvalue weighted by molar-refractivity contribution is -0.141. The zero-order valence-electron chi connectivity index (χ0n) is 14.7. The predicted molar refractivity (Wildman–Crippen MR) is 95.9 cm³/mol. The predicted octanol–water partition coefficient (Wildman–Crippen LogP) is 1.60. The van der Waals surface area contributed by atoms with Crippen molar-refractivity contribution < 1.29 is 14.7 Å². The van der Waals surface area contributed by atoms with Crippen LogP contribution >= 0.6 is 0 Å². The molecule has 1 aromatic heterocycles. The fraction of sp³-hybridized carbons (Fsp3) is 0.611. The van der Waals surface area contributed by atoms with E-state index in [1.807, 2.05) is 6.07 Å². The van der Waals surface area contributed by atoms with E-state index in [4.69, 9.17) is 5.11 Å². The molecule has 1 aliphatic heterocycles. The number of aryl methyl sites for hydroxylation is 1. The number of nitrogens with zero attached hydrogens (tertiary/aromatic N) is 2. The summed E-state index contributed by atoms with van der Waals surface area (Å²) in [5.74, 6) is -1.41. The van der Waals surface area contributed by atoms with Gasteiger partial charge in [0.15, 0.2) is 0 Å². The van der Waals surface area contributed by atoms with Crippen LogP contribution < -0.4 is 15.8 Å². The van der Waals surface area contributed by atoms with Crippen molar-refractivity contribution in [3.63, 3.8) is 0 Å². The Balaban J connectivity index is 1.99. The molecule has 0 aliphatic carbocycles. The molecule has 25 heavy (non-hydrogen) atoms. The van der Waals surface area contributed by atoms with E-state index >= 15 is 0 Å². The topological polar surface area (TPSA) is 91.6 Å². The highest BCUT2D eigenvalue weighted by Crippen LogP contribution is 2.18. The van der Waals surface area contributed by atoms with Crippen molar-refractivity contribution in [3.8, 4) is 0 Å². The first-order valence-electron chi connectivity index (χ1n) is 8.99. The lowest BCUT2D eigenvalue weighted by atomic mass is 10.2. The van der Waals surface area contributed by atoms with Crippen molar-refractivity contribution in [2.45, 2.75) is 58.0 Å². The molecule has 1 aliphatic rings. The second-order valence-electron chi connectivity index (χ2n) is 6.44. The Morgan fingerprint density at radius 2 is 1.88 bits per heavy atom. The van der Waals surface area contributed by atoms with Gasteiger partial charge in [-0.1, -0.05) is 19.8 Å². The maximum atomic E-state index is 12.0. The number of aromatic nitrogens is 1. The molecule has 0 bridgehead atoms. The molecule has 2 rings (SSSR count). The second kappa shape index (κ2) is 9.25. The number of carbonyl (C=O) groups is 2. The van der Waals surface area contributed by atoms with Crippen molar-refractivity contribution in [3.05, 3.63) is 28.7 Å². The second-order valence-corrected chi connectivity index (χ2v) is 6.44. The van der Waals surface area contributed by atoms with Crippen LogP contribution in [-0.2, 0) is 16.1 Å². The van der Waals surface area contributed by atoms with Gasteiger partial charge in [-0.15, -0.1) is 0 Å². The number of carboxylic acid groups (broad SMARTS) is 1. The minimum Gasteiger partial charge on any atom is -0.480 e. The fourth-order valence-electron chi connectivity index (χ4n) is 3.04. The van der Waals surface area contributed by atoms with E-state index in [1.165, 1.54) is 23.5 Å². The largest absolute Gasteiger partial charge is 0.480 e. The Labute approximate surface area is 147 Å². The molecule has 2 heterocycles. The highest BCUT2D eigenvalue weighted by atomic mass is 16.4. The number of rotatable bonds is 7. The molecule has 1 saturated heterocycles. The van der Waals surface area contributed by atoms with Gasteiger partial charge in [0.1, 0.15) is 6.04 Å². The average molecular weight is 349 g/mol. The van der Waals surface area contributed by atoms with Crippen molar-refractivity contribution in [2.75, 3.05) is 18.0 Å². The molecule has 1 aromatic rings. The SMILES string of the molecule is CCC(NC(=O)CCn1cc(N2CCCCCC2)ccc1=O)C(=O)O. The van der Waals surface area contributed by atoms with Crippen LogP contribution in [0.1, 0.15) is 45.4 Å². The van der Waals surface area contributed by atoms with Gasteiger partial charge >= 0.3 is 5.97 Å². The third-order valence-corrected chi connectivity index (χ3v) is 4.56. The summed E-state index contributed by atoms with van der Waals surface area (Å²) in [7, 11) is 0. The Kier molecular flexibility index (Phi) is 7.03. The third kappa shape index (κ3) is 5.62. The molecule has 1 fully saturated rings. The van der Waals surface area contributed by atoms with Gasteiger partial charge in [0.25, 0.3) is 5.56 Å². The Bertz CT molecular complexity index is 648. The lowest BCUT2D eigenvalue weighted by Crippen LogP contribution is -2.40. The van der Waals surface area contributed by atoms with Crippen LogP contribution in [0, 0.1) is 0 Å². The zero-order chi connectivity index (χ0) is 18.2. The number of carboxylic acids is 1. The Hall–Kier alpha value is -2.31. The minimum atomic E-state index is -1.05. The van der Waals surface area contributed by atoms with E-state index in [1.54, 1.807) is 13.1 Å². The monoisotopic (exact) mass is 349 g/mol. The molecule has 1 amide bonds. The van der Waals surface area contributed by atoms with Gasteiger partial charge in [0.05, 0.1) is 5.69 Å². The summed E-state index contributed by atoms with van der Waals surface area (Å²) in [5, 5.41) is 11.5. The molecule has 0 spiro atoms. The van der Waals surface area contributed by atoms with Crippen LogP contribution in [0.5, 0.6) is 0 Å². The number of amides is 1. The van der Waals surface area contributed by atoms with Crippen LogP contribution in [0.3, 0.4) is 0 Å². The highest BCUT2D eigenvalue weighted by Gasteiger charge is 2.17. The van der Waals surface area contributed by atoms with Crippen LogP contribution in [-0.4, -0.2) is 40.7 Å².